The molecule has 1 fully saturated rings. The quantitative estimate of drug-likeness (QED) is 0.0691. The van der Waals surface area contributed by atoms with Crippen LogP contribution in [0.1, 0.15) is 71.6 Å². The number of likely N-dealkylation sites (tertiary alicyclic amines) is 1. The zero-order valence-corrected chi connectivity index (χ0v) is 28.3. The topological polar surface area (TPSA) is 151 Å². The maximum Gasteiger partial charge on any atom is 0.307 e. The number of hydrogen-bond donors (Lipinski definition) is 2. The van der Waals surface area contributed by atoms with Crippen molar-refractivity contribution in [2.45, 2.75) is 83.8 Å². The molecular formula is C32H62N4O9. The second-order valence-corrected chi connectivity index (χ2v) is 11.4. The summed E-state index contributed by atoms with van der Waals surface area (Å²) >= 11 is 0. The van der Waals surface area contributed by atoms with Gasteiger partial charge < -0.3 is 44.4 Å². The van der Waals surface area contributed by atoms with Crippen molar-refractivity contribution in [3.05, 3.63) is 0 Å². The molecule has 13 heteroatoms. The van der Waals surface area contributed by atoms with Crippen LogP contribution in [-0.2, 0) is 42.8 Å². The summed E-state index contributed by atoms with van der Waals surface area (Å²) in [6, 6.07) is 0.334. The van der Waals surface area contributed by atoms with Gasteiger partial charge in [0, 0.05) is 45.3 Å². The van der Waals surface area contributed by atoms with Gasteiger partial charge in [-0.15, -0.1) is 0 Å². The largest absolute Gasteiger partial charge is 0.466 e. The Labute approximate surface area is 271 Å². The highest BCUT2D eigenvalue weighted by molar-refractivity contribution is 5.70. The third kappa shape index (κ3) is 24.0. The maximum atomic E-state index is 12.5. The minimum absolute atomic E-state index is 0.198. The summed E-state index contributed by atoms with van der Waals surface area (Å²) in [6.45, 7) is 12.9. The van der Waals surface area contributed by atoms with Gasteiger partial charge in [-0.2, -0.15) is 0 Å². The van der Waals surface area contributed by atoms with Gasteiger partial charge in [0.25, 0.3) is 0 Å². The van der Waals surface area contributed by atoms with Crippen molar-refractivity contribution in [1.82, 2.24) is 15.1 Å². The smallest absolute Gasteiger partial charge is 0.307 e. The van der Waals surface area contributed by atoms with Gasteiger partial charge in [-0.25, -0.2) is 0 Å². The molecule has 1 aliphatic heterocycles. The molecule has 0 aliphatic carbocycles. The van der Waals surface area contributed by atoms with Crippen LogP contribution in [0.15, 0.2) is 0 Å². The number of ether oxygens (including phenoxy) is 6. The zero-order chi connectivity index (χ0) is 33.0. The molecule has 0 radical (unpaired) electrons. The third-order valence-electron chi connectivity index (χ3n) is 7.38. The predicted molar refractivity (Wildman–Crippen MR) is 172 cm³/mol. The monoisotopic (exact) mass is 646 g/mol. The summed E-state index contributed by atoms with van der Waals surface area (Å²) in [5, 5.41) is 3.21. The van der Waals surface area contributed by atoms with Crippen LogP contribution in [0.2, 0.25) is 0 Å². The Kier molecular flexibility index (Phi) is 25.9. The molecule has 0 aromatic rings. The summed E-state index contributed by atoms with van der Waals surface area (Å²) in [5.41, 5.74) is 5.40. The van der Waals surface area contributed by atoms with E-state index in [1.54, 1.807) is 6.92 Å². The van der Waals surface area contributed by atoms with Crippen LogP contribution in [0, 0.1) is 0 Å². The van der Waals surface area contributed by atoms with Crippen LogP contribution in [0.25, 0.3) is 0 Å². The predicted octanol–water partition coefficient (Wildman–Crippen LogP) is 1.75. The average Bonchev–Trinajstić information content (AvgIpc) is 3.02. The number of nitrogens with zero attached hydrogens (tertiary/aromatic N) is 2. The number of nitrogens with two attached hydrogens (primary N) is 1. The van der Waals surface area contributed by atoms with Crippen molar-refractivity contribution in [3.8, 4) is 0 Å². The van der Waals surface area contributed by atoms with E-state index in [9.17, 15) is 14.4 Å². The molecule has 0 amide bonds. The van der Waals surface area contributed by atoms with Crippen molar-refractivity contribution in [1.29, 1.82) is 0 Å². The number of piperidine rings is 1. The zero-order valence-electron chi connectivity index (χ0n) is 28.3. The summed E-state index contributed by atoms with van der Waals surface area (Å²) in [6.07, 6.45) is 5.42. The summed E-state index contributed by atoms with van der Waals surface area (Å²) in [7, 11) is 2.11. The first-order valence-corrected chi connectivity index (χ1v) is 16.9. The van der Waals surface area contributed by atoms with Crippen molar-refractivity contribution in [3.63, 3.8) is 0 Å². The Morgan fingerprint density at radius 2 is 1.38 bits per heavy atom. The lowest BCUT2D eigenvalue weighted by Crippen LogP contribution is -2.45. The Morgan fingerprint density at radius 3 is 2.02 bits per heavy atom. The first kappa shape index (κ1) is 41.2. The molecule has 264 valence electrons. The number of carbonyl (C=O) groups excluding carboxylic acids is 3. The fourth-order valence-corrected chi connectivity index (χ4v) is 4.69. The highest BCUT2D eigenvalue weighted by atomic mass is 16.6. The molecule has 1 aliphatic rings. The summed E-state index contributed by atoms with van der Waals surface area (Å²) in [5.74, 6) is -0.770. The molecule has 1 atom stereocenters. The minimum atomic E-state index is -0.357. The maximum absolute atomic E-state index is 12.5. The molecule has 1 heterocycles. The van der Waals surface area contributed by atoms with Gasteiger partial charge in [-0.3, -0.25) is 19.3 Å². The standard InChI is InChI=1S/C32H62N4O9/c1-4-20-43-31(38)10-18-36(29-8-16-35(3)17-9-29)19-11-32(39)45-28(2)12-23-44-30(37)7-15-34-14-6-22-41-25-27-42-26-24-40-21-5-13-33/h28-29,34H,4-27,33H2,1-3H3. The number of rotatable bonds is 29. The molecule has 1 rings (SSSR count). The van der Waals surface area contributed by atoms with Crippen molar-refractivity contribution < 1.29 is 42.8 Å². The fourth-order valence-electron chi connectivity index (χ4n) is 4.69. The number of carbonyl (C=O) groups is 3. The van der Waals surface area contributed by atoms with Crippen molar-refractivity contribution >= 4 is 17.9 Å². The van der Waals surface area contributed by atoms with Gasteiger partial charge in [0.2, 0.25) is 0 Å². The van der Waals surface area contributed by atoms with E-state index in [0.717, 1.165) is 51.7 Å². The van der Waals surface area contributed by atoms with Gasteiger partial charge in [-0.1, -0.05) is 6.92 Å². The molecule has 45 heavy (non-hydrogen) atoms. The second-order valence-electron chi connectivity index (χ2n) is 11.4. The van der Waals surface area contributed by atoms with E-state index >= 15 is 0 Å². The van der Waals surface area contributed by atoms with Gasteiger partial charge >= 0.3 is 17.9 Å². The molecular weight excluding hydrogens is 584 g/mol. The van der Waals surface area contributed by atoms with E-state index in [1.165, 1.54) is 0 Å². The van der Waals surface area contributed by atoms with Crippen LogP contribution >= 0.6 is 0 Å². The summed E-state index contributed by atoms with van der Waals surface area (Å²) in [4.78, 5) is 41.2. The number of esters is 3. The van der Waals surface area contributed by atoms with Crippen LogP contribution in [0.5, 0.6) is 0 Å². The third-order valence-corrected chi connectivity index (χ3v) is 7.38. The lowest BCUT2D eigenvalue weighted by molar-refractivity contribution is -0.150. The van der Waals surface area contributed by atoms with Crippen molar-refractivity contribution in [2.24, 2.45) is 5.73 Å². The molecule has 1 saturated heterocycles. The second kappa shape index (κ2) is 28.4. The average molecular weight is 647 g/mol. The molecule has 13 nitrogen and oxygen atoms in total. The highest BCUT2D eigenvalue weighted by Gasteiger charge is 2.25. The van der Waals surface area contributed by atoms with Crippen LogP contribution in [0.3, 0.4) is 0 Å². The molecule has 0 spiro atoms. The van der Waals surface area contributed by atoms with Gasteiger partial charge in [0.05, 0.1) is 58.9 Å². The molecule has 0 saturated carbocycles. The van der Waals surface area contributed by atoms with Gasteiger partial charge in [0.1, 0.15) is 6.10 Å². The number of nitrogens with one attached hydrogen (secondary N) is 1. The normalized spacial score (nSPS) is 14.9. The minimum Gasteiger partial charge on any atom is -0.466 e. The van der Waals surface area contributed by atoms with Crippen LogP contribution in [-0.4, -0.2) is 146 Å². The van der Waals surface area contributed by atoms with Crippen LogP contribution in [0.4, 0.5) is 0 Å². The SMILES string of the molecule is CCCOC(=O)CCN(CCC(=O)OC(C)CCOC(=O)CCNCCCOCCOCCOCCCN)C1CCN(C)CC1. The first-order valence-electron chi connectivity index (χ1n) is 16.9. The number of hydrogen-bond acceptors (Lipinski definition) is 13. The van der Waals surface area contributed by atoms with E-state index in [2.05, 4.69) is 22.2 Å². The lowest BCUT2D eigenvalue weighted by atomic mass is 10.0. The fraction of sp³-hybridized carbons (Fsp3) is 0.906. The van der Waals surface area contributed by atoms with Crippen molar-refractivity contribution in [2.75, 3.05) is 106 Å². The van der Waals surface area contributed by atoms with Crippen LogP contribution < -0.4 is 11.1 Å². The van der Waals surface area contributed by atoms with E-state index < -0.39 is 0 Å². The van der Waals surface area contributed by atoms with Gasteiger partial charge in [-0.05, 0) is 72.3 Å². The highest BCUT2D eigenvalue weighted by Crippen LogP contribution is 2.17. The van der Waals surface area contributed by atoms with E-state index in [1.807, 2.05) is 6.92 Å². The Balaban J connectivity index is 2.08. The Bertz CT molecular complexity index is 754. The van der Waals surface area contributed by atoms with Gasteiger partial charge in [0.15, 0.2) is 0 Å². The molecule has 0 aromatic carbocycles. The Morgan fingerprint density at radius 1 is 0.800 bits per heavy atom. The molecule has 1 unspecified atom stereocenters. The van der Waals surface area contributed by atoms with E-state index in [4.69, 9.17) is 34.2 Å². The first-order chi connectivity index (χ1) is 21.8. The van der Waals surface area contributed by atoms with E-state index in [0.29, 0.717) is 91.3 Å². The molecule has 0 bridgehead atoms. The van der Waals surface area contributed by atoms with E-state index in [-0.39, 0.29) is 43.5 Å². The lowest BCUT2D eigenvalue weighted by Gasteiger charge is -2.37. The molecule has 0 aromatic heterocycles. The Hall–Kier alpha value is -1.87. The summed E-state index contributed by atoms with van der Waals surface area (Å²) < 4.78 is 32.4. The molecule has 3 N–H and O–H groups in total.